The van der Waals surface area contributed by atoms with Crippen molar-refractivity contribution in [2.45, 2.75) is 19.3 Å². The molecule has 1 aliphatic heterocycles. The van der Waals surface area contributed by atoms with Crippen LogP contribution in [0.4, 0.5) is 0 Å². The third-order valence-corrected chi connectivity index (χ3v) is 4.02. The van der Waals surface area contributed by atoms with Gasteiger partial charge >= 0.3 is 0 Å². The van der Waals surface area contributed by atoms with Crippen LogP contribution in [0.3, 0.4) is 0 Å². The molecule has 0 radical (unpaired) electrons. The maximum Gasteiger partial charge on any atom is 0.226 e. The van der Waals surface area contributed by atoms with E-state index in [1.54, 1.807) is 11.3 Å². The Balaban J connectivity index is 0.00000162. The van der Waals surface area contributed by atoms with Crippen molar-refractivity contribution in [1.29, 1.82) is 0 Å². The molecule has 0 aromatic carbocycles. The smallest absolute Gasteiger partial charge is 0.226 e. The van der Waals surface area contributed by atoms with E-state index >= 15 is 0 Å². The van der Waals surface area contributed by atoms with Crippen molar-refractivity contribution in [3.8, 4) is 0 Å². The highest BCUT2D eigenvalue weighted by Crippen LogP contribution is 2.12. The molecular formula is C13H21ClN2OS. The minimum Gasteiger partial charge on any atom is -0.345 e. The molecular weight excluding hydrogens is 268 g/mol. The molecule has 1 aliphatic rings. The molecule has 18 heavy (non-hydrogen) atoms. The average molecular weight is 289 g/mol. The van der Waals surface area contributed by atoms with Crippen LogP contribution in [0.2, 0.25) is 0 Å². The van der Waals surface area contributed by atoms with Gasteiger partial charge in [0, 0.05) is 13.6 Å². The predicted octanol–water partition coefficient (Wildman–Crippen LogP) is 2.17. The van der Waals surface area contributed by atoms with E-state index in [9.17, 15) is 4.79 Å². The quantitative estimate of drug-likeness (QED) is 0.921. The van der Waals surface area contributed by atoms with Crippen LogP contribution in [0.1, 0.15) is 18.4 Å². The van der Waals surface area contributed by atoms with E-state index in [0.29, 0.717) is 12.3 Å². The minimum absolute atomic E-state index is 0. The van der Waals surface area contributed by atoms with Gasteiger partial charge in [0.15, 0.2) is 0 Å². The number of halogens is 1. The lowest BCUT2D eigenvalue weighted by molar-refractivity contribution is -0.129. The van der Waals surface area contributed by atoms with E-state index in [1.165, 1.54) is 12.8 Å². The van der Waals surface area contributed by atoms with Gasteiger partial charge in [-0.15, -0.1) is 12.4 Å². The molecule has 1 aromatic rings. The zero-order valence-electron chi connectivity index (χ0n) is 10.7. The molecule has 1 saturated heterocycles. The Bertz CT molecular complexity index is 350. The molecule has 0 saturated carbocycles. The number of likely N-dealkylation sites (N-methyl/N-ethyl adjacent to an activating group) is 1. The van der Waals surface area contributed by atoms with Gasteiger partial charge in [-0.2, -0.15) is 11.3 Å². The summed E-state index contributed by atoms with van der Waals surface area (Å²) in [5.74, 6) is 0.856. The number of nitrogens with zero attached hydrogens (tertiary/aromatic N) is 1. The standard InChI is InChI=1S/C13H20N2OS.ClH/c1-15(9-12-3-2-5-14-8-12)13(16)7-11-4-6-17-10-11;/h4,6,10,12,14H,2-3,5,7-9H2,1H3;1H. The molecule has 0 spiro atoms. The number of rotatable bonds is 4. The fraction of sp³-hybridized carbons (Fsp3) is 0.615. The number of nitrogens with one attached hydrogen (secondary N) is 1. The van der Waals surface area contributed by atoms with Gasteiger partial charge in [-0.3, -0.25) is 4.79 Å². The molecule has 1 unspecified atom stereocenters. The Hall–Kier alpha value is -0.580. The summed E-state index contributed by atoms with van der Waals surface area (Å²) in [6.07, 6.45) is 3.01. The molecule has 102 valence electrons. The van der Waals surface area contributed by atoms with Gasteiger partial charge in [0.25, 0.3) is 0 Å². The van der Waals surface area contributed by atoms with E-state index in [-0.39, 0.29) is 18.3 Å². The molecule has 3 nitrogen and oxygen atoms in total. The lowest BCUT2D eigenvalue weighted by Gasteiger charge is -2.27. The first-order chi connectivity index (χ1) is 8.25. The van der Waals surface area contributed by atoms with Crippen LogP contribution in [0, 0.1) is 5.92 Å². The van der Waals surface area contributed by atoms with E-state index in [4.69, 9.17) is 0 Å². The zero-order chi connectivity index (χ0) is 12.1. The fourth-order valence-electron chi connectivity index (χ4n) is 2.27. The minimum atomic E-state index is 0. The Morgan fingerprint density at radius 3 is 3.06 bits per heavy atom. The van der Waals surface area contributed by atoms with Gasteiger partial charge in [0.1, 0.15) is 0 Å². The van der Waals surface area contributed by atoms with Crippen molar-refractivity contribution in [1.82, 2.24) is 10.2 Å². The molecule has 5 heteroatoms. The van der Waals surface area contributed by atoms with Gasteiger partial charge < -0.3 is 10.2 Å². The van der Waals surface area contributed by atoms with E-state index < -0.39 is 0 Å². The second kappa shape index (κ2) is 7.77. The van der Waals surface area contributed by atoms with E-state index in [1.807, 2.05) is 28.8 Å². The van der Waals surface area contributed by atoms with Gasteiger partial charge in [0.05, 0.1) is 6.42 Å². The second-order valence-corrected chi connectivity index (χ2v) is 5.58. The molecule has 0 aliphatic carbocycles. The Morgan fingerprint density at radius 1 is 1.61 bits per heavy atom. The Labute approximate surface area is 119 Å². The summed E-state index contributed by atoms with van der Waals surface area (Å²) in [6.45, 7) is 3.06. The fourth-order valence-corrected chi connectivity index (χ4v) is 2.94. The highest BCUT2D eigenvalue weighted by molar-refractivity contribution is 7.07. The summed E-state index contributed by atoms with van der Waals surface area (Å²) in [6, 6.07) is 2.03. The maximum absolute atomic E-state index is 12.0. The lowest BCUT2D eigenvalue weighted by Crippen LogP contribution is -2.39. The monoisotopic (exact) mass is 288 g/mol. The molecule has 2 heterocycles. The first-order valence-corrected chi connectivity index (χ1v) is 7.16. The van der Waals surface area contributed by atoms with Crippen LogP contribution in [-0.4, -0.2) is 37.5 Å². The Morgan fingerprint density at radius 2 is 2.44 bits per heavy atom. The summed E-state index contributed by atoms with van der Waals surface area (Å²) < 4.78 is 0. The molecule has 1 N–H and O–H groups in total. The van der Waals surface area contributed by atoms with Crippen LogP contribution in [0.25, 0.3) is 0 Å². The number of piperidine rings is 1. The van der Waals surface area contributed by atoms with Crippen molar-refractivity contribution < 1.29 is 4.79 Å². The predicted molar refractivity (Wildman–Crippen MR) is 78.5 cm³/mol. The number of hydrogen-bond acceptors (Lipinski definition) is 3. The molecule has 0 bridgehead atoms. The van der Waals surface area contributed by atoms with Crippen molar-refractivity contribution >= 4 is 29.7 Å². The van der Waals surface area contributed by atoms with Crippen LogP contribution in [0.5, 0.6) is 0 Å². The van der Waals surface area contributed by atoms with Crippen LogP contribution < -0.4 is 5.32 Å². The van der Waals surface area contributed by atoms with Gasteiger partial charge in [-0.05, 0) is 54.2 Å². The summed E-state index contributed by atoms with van der Waals surface area (Å²) in [7, 11) is 1.92. The summed E-state index contributed by atoms with van der Waals surface area (Å²) in [5.41, 5.74) is 1.13. The third kappa shape index (κ3) is 4.59. The second-order valence-electron chi connectivity index (χ2n) is 4.80. The molecule has 1 fully saturated rings. The first-order valence-electron chi connectivity index (χ1n) is 6.21. The van der Waals surface area contributed by atoms with Crippen molar-refractivity contribution in [2.24, 2.45) is 5.92 Å². The third-order valence-electron chi connectivity index (χ3n) is 3.29. The number of amides is 1. The SMILES string of the molecule is CN(CC1CCCNC1)C(=O)Cc1ccsc1.Cl. The number of hydrogen-bond donors (Lipinski definition) is 1. The largest absolute Gasteiger partial charge is 0.345 e. The summed E-state index contributed by atoms with van der Waals surface area (Å²) >= 11 is 1.65. The van der Waals surface area contributed by atoms with Gasteiger partial charge in [0.2, 0.25) is 5.91 Å². The van der Waals surface area contributed by atoms with Crippen molar-refractivity contribution in [2.75, 3.05) is 26.7 Å². The highest BCUT2D eigenvalue weighted by atomic mass is 35.5. The van der Waals surface area contributed by atoms with Crippen LogP contribution >= 0.6 is 23.7 Å². The number of carbonyl (C=O) groups excluding carboxylic acids is 1. The number of carbonyl (C=O) groups is 1. The Kier molecular flexibility index (Phi) is 6.68. The topological polar surface area (TPSA) is 32.3 Å². The lowest BCUT2D eigenvalue weighted by atomic mass is 9.99. The van der Waals surface area contributed by atoms with Gasteiger partial charge in [-0.1, -0.05) is 0 Å². The molecule has 1 aromatic heterocycles. The summed E-state index contributed by atoms with van der Waals surface area (Å²) in [5, 5.41) is 7.46. The molecule has 1 amide bonds. The number of thiophene rings is 1. The summed E-state index contributed by atoms with van der Waals surface area (Å²) in [4.78, 5) is 13.9. The normalized spacial score (nSPS) is 19.1. The first kappa shape index (κ1) is 15.5. The van der Waals surface area contributed by atoms with E-state index in [2.05, 4.69) is 5.32 Å². The van der Waals surface area contributed by atoms with Gasteiger partial charge in [-0.25, -0.2) is 0 Å². The van der Waals surface area contributed by atoms with E-state index in [0.717, 1.165) is 25.2 Å². The maximum atomic E-state index is 12.0. The van der Waals surface area contributed by atoms with Crippen molar-refractivity contribution in [3.63, 3.8) is 0 Å². The molecule has 1 atom stereocenters. The zero-order valence-corrected chi connectivity index (χ0v) is 12.4. The highest BCUT2D eigenvalue weighted by Gasteiger charge is 2.18. The van der Waals surface area contributed by atoms with Crippen molar-refractivity contribution in [3.05, 3.63) is 22.4 Å². The van der Waals surface area contributed by atoms with Crippen LogP contribution in [-0.2, 0) is 11.2 Å². The average Bonchev–Trinajstić information content (AvgIpc) is 2.83. The van der Waals surface area contributed by atoms with Crippen LogP contribution in [0.15, 0.2) is 16.8 Å². The molecule has 2 rings (SSSR count).